The number of nitrogens with two attached hydrogens (primary N) is 1. The summed E-state index contributed by atoms with van der Waals surface area (Å²) in [6, 6.07) is 4.48. The van der Waals surface area contributed by atoms with E-state index in [-0.39, 0.29) is 0 Å². The predicted octanol–water partition coefficient (Wildman–Crippen LogP) is 1.30. The molecule has 1 unspecified atom stereocenters. The Labute approximate surface area is 68.0 Å². The Morgan fingerprint density at radius 3 is 2.82 bits per heavy atom. The average molecular weight is 152 g/mol. The molecule has 0 fully saturated rings. The highest BCUT2D eigenvalue weighted by atomic mass is 14.9. The molecule has 1 aromatic rings. The fourth-order valence-corrected chi connectivity index (χ4v) is 1.12. The molecular weight excluding hydrogens is 136 g/mol. The maximum Gasteiger partial charge on any atom is 0.0187 e. The van der Waals surface area contributed by atoms with Gasteiger partial charge in [0.05, 0.1) is 0 Å². The molecule has 62 valence electrons. The van der Waals surface area contributed by atoms with Gasteiger partial charge in [-0.3, -0.25) is 0 Å². The summed E-state index contributed by atoms with van der Waals surface area (Å²) in [5, 5.41) is 0. The van der Waals surface area contributed by atoms with E-state index in [0.29, 0.717) is 6.04 Å². The predicted molar refractivity (Wildman–Crippen MR) is 47.4 cm³/mol. The summed E-state index contributed by atoms with van der Waals surface area (Å²) < 4.78 is 2.12. The maximum absolute atomic E-state index is 5.82. The minimum Gasteiger partial charge on any atom is -0.354 e. The van der Waals surface area contributed by atoms with Crippen molar-refractivity contribution in [2.75, 3.05) is 0 Å². The molecule has 0 saturated carbocycles. The molecule has 2 N–H and O–H groups in total. The van der Waals surface area contributed by atoms with Crippen LogP contribution in [-0.4, -0.2) is 10.6 Å². The van der Waals surface area contributed by atoms with Crippen LogP contribution in [0.4, 0.5) is 0 Å². The lowest BCUT2D eigenvalue weighted by atomic mass is 10.1. The Morgan fingerprint density at radius 1 is 1.64 bits per heavy atom. The van der Waals surface area contributed by atoms with Crippen molar-refractivity contribution in [2.24, 2.45) is 12.8 Å². The van der Waals surface area contributed by atoms with E-state index in [1.807, 2.05) is 0 Å². The lowest BCUT2D eigenvalue weighted by molar-refractivity contribution is 0.621. The number of hydrogen-bond acceptors (Lipinski definition) is 1. The number of nitrogens with zero attached hydrogens (tertiary/aromatic N) is 1. The average Bonchev–Trinajstić information content (AvgIpc) is 2.37. The third-order valence-corrected chi connectivity index (χ3v) is 2.05. The second kappa shape index (κ2) is 3.58. The topological polar surface area (TPSA) is 30.9 Å². The Morgan fingerprint density at radius 2 is 2.36 bits per heavy atom. The van der Waals surface area contributed by atoms with E-state index in [4.69, 9.17) is 5.73 Å². The molecule has 1 atom stereocenters. The van der Waals surface area contributed by atoms with Crippen molar-refractivity contribution in [1.82, 2.24) is 4.57 Å². The monoisotopic (exact) mass is 152 g/mol. The van der Waals surface area contributed by atoms with Crippen LogP contribution >= 0.6 is 0 Å². The summed E-state index contributed by atoms with van der Waals surface area (Å²) in [6.45, 7) is 2.12. The quantitative estimate of drug-likeness (QED) is 0.695. The maximum atomic E-state index is 5.82. The van der Waals surface area contributed by atoms with Crippen molar-refractivity contribution in [3.8, 4) is 0 Å². The first-order valence-electron chi connectivity index (χ1n) is 4.09. The second-order valence-electron chi connectivity index (χ2n) is 2.98. The minimum absolute atomic E-state index is 0.309. The first kappa shape index (κ1) is 8.34. The van der Waals surface area contributed by atoms with Crippen molar-refractivity contribution in [2.45, 2.75) is 25.8 Å². The smallest absolute Gasteiger partial charge is 0.0187 e. The lowest BCUT2D eigenvalue weighted by Crippen LogP contribution is -2.22. The summed E-state index contributed by atoms with van der Waals surface area (Å²) in [7, 11) is 2.05. The van der Waals surface area contributed by atoms with Crippen molar-refractivity contribution in [1.29, 1.82) is 0 Å². The van der Waals surface area contributed by atoms with Gasteiger partial charge in [-0.2, -0.15) is 0 Å². The van der Waals surface area contributed by atoms with E-state index < -0.39 is 0 Å². The van der Waals surface area contributed by atoms with Gasteiger partial charge >= 0.3 is 0 Å². The Hall–Kier alpha value is -0.760. The summed E-state index contributed by atoms with van der Waals surface area (Å²) in [5.74, 6) is 0. The molecule has 1 aromatic heterocycles. The Kier molecular flexibility index (Phi) is 2.71. The van der Waals surface area contributed by atoms with E-state index in [1.54, 1.807) is 0 Å². The van der Waals surface area contributed by atoms with Gasteiger partial charge < -0.3 is 10.3 Å². The number of hydrogen-bond donors (Lipinski definition) is 1. The van der Waals surface area contributed by atoms with Crippen LogP contribution in [0.1, 0.15) is 19.0 Å². The minimum atomic E-state index is 0.309. The molecule has 0 aromatic carbocycles. The summed E-state index contributed by atoms with van der Waals surface area (Å²) in [6.07, 6.45) is 4.09. The molecule has 11 heavy (non-hydrogen) atoms. The molecule has 0 aliphatic carbocycles. The lowest BCUT2D eigenvalue weighted by Gasteiger charge is -2.08. The van der Waals surface area contributed by atoms with E-state index in [0.717, 1.165) is 12.8 Å². The van der Waals surface area contributed by atoms with Crippen LogP contribution in [-0.2, 0) is 13.5 Å². The van der Waals surface area contributed by atoms with Crippen LogP contribution < -0.4 is 5.73 Å². The highest BCUT2D eigenvalue weighted by molar-refractivity contribution is 5.07. The highest BCUT2D eigenvalue weighted by Gasteiger charge is 2.02. The third kappa shape index (κ3) is 2.09. The number of aryl methyl sites for hydroxylation is 1. The Balaban J connectivity index is 2.56. The van der Waals surface area contributed by atoms with Gasteiger partial charge in [0.2, 0.25) is 0 Å². The van der Waals surface area contributed by atoms with E-state index in [9.17, 15) is 0 Å². The molecule has 0 amide bonds. The molecule has 1 rings (SSSR count). The largest absolute Gasteiger partial charge is 0.354 e. The standard InChI is InChI=1S/C9H16N2/c1-3-8(10)7-9-5-4-6-11(9)2/h4-6,8H,3,7,10H2,1-2H3. The molecule has 2 heteroatoms. The zero-order valence-electron chi connectivity index (χ0n) is 7.25. The number of rotatable bonds is 3. The molecule has 0 spiro atoms. The first-order valence-corrected chi connectivity index (χ1v) is 4.09. The molecule has 1 heterocycles. The van der Waals surface area contributed by atoms with E-state index in [1.165, 1.54) is 5.69 Å². The van der Waals surface area contributed by atoms with Crippen LogP contribution in [0.2, 0.25) is 0 Å². The molecule has 0 aliphatic heterocycles. The van der Waals surface area contributed by atoms with Gasteiger partial charge in [0.15, 0.2) is 0 Å². The normalized spacial score (nSPS) is 13.4. The third-order valence-electron chi connectivity index (χ3n) is 2.05. The van der Waals surface area contributed by atoms with Crippen LogP contribution in [0.3, 0.4) is 0 Å². The summed E-state index contributed by atoms with van der Waals surface area (Å²) in [5.41, 5.74) is 7.14. The van der Waals surface area contributed by atoms with Gasteiger partial charge in [0, 0.05) is 31.4 Å². The van der Waals surface area contributed by atoms with Crippen LogP contribution in [0.5, 0.6) is 0 Å². The van der Waals surface area contributed by atoms with Gasteiger partial charge in [0.1, 0.15) is 0 Å². The zero-order chi connectivity index (χ0) is 8.27. The molecule has 0 radical (unpaired) electrons. The van der Waals surface area contributed by atoms with Crippen LogP contribution in [0.15, 0.2) is 18.3 Å². The SMILES string of the molecule is CCC(N)Cc1cccn1C. The molecular formula is C9H16N2. The summed E-state index contributed by atoms with van der Waals surface area (Å²) >= 11 is 0. The highest BCUT2D eigenvalue weighted by Crippen LogP contribution is 2.03. The van der Waals surface area contributed by atoms with Gasteiger partial charge in [-0.15, -0.1) is 0 Å². The molecule has 0 saturated heterocycles. The van der Waals surface area contributed by atoms with Gasteiger partial charge in [0.25, 0.3) is 0 Å². The number of aromatic nitrogens is 1. The Bertz CT molecular complexity index is 215. The van der Waals surface area contributed by atoms with Gasteiger partial charge in [-0.25, -0.2) is 0 Å². The van der Waals surface area contributed by atoms with Gasteiger partial charge in [-0.05, 0) is 18.6 Å². The van der Waals surface area contributed by atoms with E-state index >= 15 is 0 Å². The molecule has 2 nitrogen and oxygen atoms in total. The van der Waals surface area contributed by atoms with Gasteiger partial charge in [-0.1, -0.05) is 6.92 Å². The summed E-state index contributed by atoms with van der Waals surface area (Å²) in [4.78, 5) is 0. The fraction of sp³-hybridized carbons (Fsp3) is 0.556. The molecule has 0 aliphatic rings. The van der Waals surface area contributed by atoms with Crippen LogP contribution in [0, 0.1) is 0 Å². The van der Waals surface area contributed by atoms with Crippen molar-refractivity contribution >= 4 is 0 Å². The van der Waals surface area contributed by atoms with Crippen molar-refractivity contribution in [3.05, 3.63) is 24.0 Å². The van der Waals surface area contributed by atoms with Crippen molar-refractivity contribution < 1.29 is 0 Å². The van der Waals surface area contributed by atoms with Crippen LogP contribution in [0.25, 0.3) is 0 Å². The van der Waals surface area contributed by atoms with Crippen molar-refractivity contribution in [3.63, 3.8) is 0 Å². The first-order chi connectivity index (χ1) is 5.24. The van der Waals surface area contributed by atoms with E-state index in [2.05, 4.69) is 36.9 Å². The fourth-order valence-electron chi connectivity index (χ4n) is 1.12. The second-order valence-corrected chi connectivity index (χ2v) is 2.98. The molecule has 0 bridgehead atoms. The zero-order valence-corrected chi connectivity index (χ0v) is 7.25.